The Morgan fingerprint density at radius 3 is 2.17 bits per heavy atom. The molecule has 0 spiro atoms. The van der Waals surface area contributed by atoms with Crippen molar-refractivity contribution in [1.29, 1.82) is 0 Å². The van der Waals surface area contributed by atoms with Crippen LogP contribution in [0, 0.1) is 17.3 Å². The molecule has 5 heteroatoms. The molecule has 0 radical (unpaired) electrons. The minimum atomic E-state index is -0.377. The predicted octanol–water partition coefficient (Wildman–Crippen LogP) is 3.79. The number of rotatable bonds is 3. The average Bonchev–Trinajstić information content (AvgIpc) is 2.66. The first-order valence-corrected chi connectivity index (χ1v) is 8.60. The van der Waals surface area contributed by atoms with Gasteiger partial charge in [-0.1, -0.05) is 33.3 Å². The van der Waals surface area contributed by atoms with Crippen molar-refractivity contribution in [2.75, 3.05) is 7.11 Å². The van der Waals surface area contributed by atoms with Gasteiger partial charge in [0.05, 0.1) is 24.2 Å². The van der Waals surface area contributed by atoms with Crippen molar-refractivity contribution >= 4 is 13.1 Å². The van der Waals surface area contributed by atoms with E-state index in [9.17, 15) is 4.79 Å². The van der Waals surface area contributed by atoms with E-state index in [1.807, 2.05) is 6.08 Å². The SMILES string of the molecule is CCC1CC(B2OC(C)(C)C(C)(C)O2)=CC(C(=O)OC)C1(C)C. The van der Waals surface area contributed by atoms with Crippen LogP contribution in [0.3, 0.4) is 0 Å². The third-order valence-electron chi connectivity index (χ3n) is 6.22. The molecule has 0 N–H and O–H groups in total. The Balaban J connectivity index is 2.36. The Labute approximate surface area is 141 Å². The molecule has 0 aromatic heterocycles. The largest absolute Gasteiger partial charge is 0.490 e. The Morgan fingerprint density at radius 2 is 1.74 bits per heavy atom. The van der Waals surface area contributed by atoms with Gasteiger partial charge >= 0.3 is 13.1 Å². The van der Waals surface area contributed by atoms with E-state index >= 15 is 0 Å². The highest BCUT2D eigenvalue weighted by atomic mass is 16.7. The molecule has 23 heavy (non-hydrogen) atoms. The van der Waals surface area contributed by atoms with E-state index in [-0.39, 0.29) is 35.6 Å². The average molecular weight is 322 g/mol. The maximum atomic E-state index is 12.3. The zero-order chi connectivity index (χ0) is 17.6. The molecular formula is C18H31BO4. The second-order valence-corrected chi connectivity index (χ2v) is 8.46. The van der Waals surface area contributed by atoms with Gasteiger partial charge in [0.15, 0.2) is 0 Å². The van der Waals surface area contributed by atoms with Crippen LogP contribution in [0.2, 0.25) is 0 Å². The molecule has 1 aliphatic carbocycles. The molecule has 0 saturated carbocycles. The van der Waals surface area contributed by atoms with Gasteiger partial charge in [0.25, 0.3) is 0 Å². The van der Waals surface area contributed by atoms with E-state index < -0.39 is 0 Å². The standard InChI is InChI=1S/C18H31BO4/c1-9-12-10-13(11-14(15(20)21-8)16(12,2)3)19-22-17(4,5)18(6,7)23-19/h11-12,14H,9-10H2,1-8H3. The number of methoxy groups -OCH3 is 1. The second kappa shape index (κ2) is 5.93. The van der Waals surface area contributed by atoms with E-state index in [0.29, 0.717) is 5.92 Å². The summed E-state index contributed by atoms with van der Waals surface area (Å²) in [7, 11) is 1.08. The van der Waals surface area contributed by atoms with Crippen LogP contribution in [0.15, 0.2) is 11.5 Å². The fourth-order valence-corrected chi connectivity index (χ4v) is 3.64. The van der Waals surface area contributed by atoms with Crippen molar-refractivity contribution in [2.24, 2.45) is 17.3 Å². The van der Waals surface area contributed by atoms with Crippen LogP contribution in [0.5, 0.6) is 0 Å². The van der Waals surface area contributed by atoms with Gasteiger partial charge in [-0.25, -0.2) is 0 Å². The van der Waals surface area contributed by atoms with Crippen molar-refractivity contribution in [3.05, 3.63) is 11.5 Å². The predicted molar refractivity (Wildman–Crippen MR) is 91.9 cm³/mol. The topological polar surface area (TPSA) is 44.8 Å². The van der Waals surface area contributed by atoms with Crippen LogP contribution < -0.4 is 0 Å². The van der Waals surface area contributed by atoms with Gasteiger partial charge in [0.2, 0.25) is 0 Å². The van der Waals surface area contributed by atoms with Crippen LogP contribution in [0.1, 0.15) is 61.3 Å². The normalized spacial score (nSPS) is 31.7. The van der Waals surface area contributed by atoms with Gasteiger partial charge in [-0.05, 0) is 50.9 Å². The van der Waals surface area contributed by atoms with Crippen molar-refractivity contribution in [3.63, 3.8) is 0 Å². The van der Waals surface area contributed by atoms with Crippen LogP contribution in [-0.4, -0.2) is 31.4 Å². The van der Waals surface area contributed by atoms with Gasteiger partial charge in [0.1, 0.15) is 0 Å². The lowest BCUT2D eigenvalue weighted by molar-refractivity contribution is -0.149. The summed E-state index contributed by atoms with van der Waals surface area (Å²) >= 11 is 0. The summed E-state index contributed by atoms with van der Waals surface area (Å²) < 4.78 is 17.4. The maximum absolute atomic E-state index is 12.3. The minimum absolute atomic E-state index is 0.130. The fourth-order valence-electron chi connectivity index (χ4n) is 3.64. The highest BCUT2D eigenvalue weighted by Gasteiger charge is 2.54. The molecule has 0 aromatic carbocycles. The zero-order valence-electron chi connectivity index (χ0n) is 15.9. The van der Waals surface area contributed by atoms with Crippen LogP contribution >= 0.6 is 0 Å². The van der Waals surface area contributed by atoms with Gasteiger partial charge in [0, 0.05) is 0 Å². The number of carbonyl (C=O) groups excluding carboxylic acids is 1. The third kappa shape index (κ3) is 3.10. The summed E-state index contributed by atoms with van der Waals surface area (Å²) in [6.45, 7) is 14.7. The van der Waals surface area contributed by atoms with Crippen LogP contribution in [0.25, 0.3) is 0 Å². The van der Waals surface area contributed by atoms with Crippen molar-refractivity contribution < 1.29 is 18.8 Å². The quantitative estimate of drug-likeness (QED) is 0.586. The van der Waals surface area contributed by atoms with Crippen LogP contribution in [0.4, 0.5) is 0 Å². The van der Waals surface area contributed by atoms with E-state index in [1.54, 1.807) is 0 Å². The fraction of sp³-hybridized carbons (Fsp3) is 0.833. The molecule has 130 valence electrons. The molecule has 4 nitrogen and oxygen atoms in total. The monoisotopic (exact) mass is 322 g/mol. The molecule has 1 heterocycles. The first kappa shape index (κ1) is 18.5. The Bertz CT molecular complexity index is 491. The number of esters is 1. The molecule has 0 amide bonds. The molecule has 0 bridgehead atoms. The summed E-state index contributed by atoms with van der Waals surface area (Å²) in [5.74, 6) is -0.0481. The smallest absolute Gasteiger partial charge is 0.469 e. The van der Waals surface area contributed by atoms with Gasteiger partial charge in [-0.3, -0.25) is 4.79 Å². The zero-order valence-corrected chi connectivity index (χ0v) is 15.9. The molecule has 1 aliphatic heterocycles. The van der Waals surface area contributed by atoms with Gasteiger partial charge < -0.3 is 14.0 Å². The van der Waals surface area contributed by atoms with Crippen molar-refractivity contribution in [1.82, 2.24) is 0 Å². The third-order valence-corrected chi connectivity index (χ3v) is 6.22. The second-order valence-electron chi connectivity index (χ2n) is 8.46. The lowest BCUT2D eigenvalue weighted by atomic mass is 9.57. The lowest BCUT2D eigenvalue weighted by Crippen LogP contribution is -2.42. The Kier molecular flexibility index (Phi) is 4.77. The highest BCUT2D eigenvalue weighted by Crippen LogP contribution is 2.49. The summed E-state index contributed by atoms with van der Waals surface area (Å²) in [5.41, 5.74) is 0.210. The molecule has 1 fully saturated rings. The lowest BCUT2D eigenvalue weighted by Gasteiger charge is -2.42. The molecule has 0 aromatic rings. The van der Waals surface area contributed by atoms with E-state index in [0.717, 1.165) is 18.3 Å². The molecule has 2 unspecified atom stereocenters. The first-order chi connectivity index (χ1) is 10.5. The van der Waals surface area contributed by atoms with E-state index in [4.69, 9.17) is 14.0 Å². The summed E-state index contributed by atoms with van der Waals surface area (Å²) in [5, 5.41) is 0. The van der Waals surface area contributed by atoms with E-state index in [1.165, 1.54) is 7.11 Å². The number of hydrogen-bond acceptors (Lipinski definition) is 4. The number of ether oxygens (including phenoxy) is 1. The minimum Gasteiger partial charge on any atom is -0.469 e. The molecule has 2 atom stereocenters. The number of carbonyl (C=O) groups is 1. The summed E-state index contributed by atoms with van der Waals surface area (Å²) in [6.07, 6.45) is 3.94. The molecular weight excluding hydrogens is 291 g/mol. The molecule has 1 saturated heterocycles. The summed E-state index contributed by atoms with van der Waals surface area (Å²) in [6, 6.07) is 0. The number of allylic oxidation sites excluding steroid dienone is 1. The van der Waals surface area contributed by atoms with Crippen molar-refractivity contribution in [3.8, 4) is 0 Å². The summed E-state index contributed by atoms with van der Waals surface area (Å²) in [4.78, 5) is 12.3. The maximum Gasteiger partial charge on any atom is 0.490 e. The highest BCUT2D eigenvalue weighted by molar-refractivity contribution is 6.54. The van der Waals surface area contributed by atoms with Crippen LogP contribution in [-0.2, 0) is 18.8 Å². The number of hydrogen-bond donors (Lipinski definition) is 0. The Hall–Kier alpha value is -0.805. The van der Waals surface area contributed by atoms with Gasteiger partial charge in [-0.15, -0.1) is 0 Å². The first-order valence-electron chi connectivity index (χ1n) is 8.60. The van der Waals surface area contributed by atoms with Gasteiger partial charge in [-0.2, -0.15) is 0 Å². The van der Waals surface area contributed by atoms with Crippen molar-refractivity contribution in [2.45, 2.75) is 72.5 Å². The molecule has 2 rings (SSSR count). The molecule has 2 aliphatic rings. The Morgan fingerprint density at radius 1 is 1.22 bits per heavy atom. The van der Waals surface area contributed by atoms with E-state index in [2.05, 4.69) is 48.5 Å².